The summed E-state index contributed by atoms with van der Waals surface area (Å²) < 4.78 is 30.9. The summed E-state index contributed by atoms with van der Waals surface area (Å²) in [5.41, 5.74) is 5.60. The van der Waals surface area contributed by atoms with Gasteiger partial charge in [-0.15, -0.1) is 0 Å². The highest BCUT2D eigenvalue weighted by Gasteiger charge is 2.65. The summed E-state index contributed by atoms with van der Waals surface area (Å²) in [6.07, 6.45) is 1.83. The van der Waals surface area contributed by atoms with E-state index in [2.05, 4.69) is 23.1 Å². The third-order valence-corrected chi connectivity index (χ3v) is 6.85. The van der Waals surface area contributed by atoms with E-state index in [1.165, 1.54) is 6.33 Å². The fourth-order valence-electron chi connectivity index (χ4n) is 5.07. The molecule has 0 amide bonds. The van der Waals surface area contributed by atoms with Gasteiger partial charge in [-0.1, -0.05) is 6.92 Å². The normalized spacial score (nSPS) is 34.5. The quantitative estimate of drug-likeness (QED) is 0.661. The highest BCUT2D eigenvalue weighted by atomic mass is 16.8. The minimum Gasteiger partial charge on any atom is -0.431 e. The van der Waals surface area contributed by atoms with Crippen molar-refractivity contribution in [1.82, 2.24) is 14.6 Å². The number of nitrogens with zero attached hydrogens (tertiary/aromatic N) is 4. The van der Waals surface area contributed by atoms with Crippen LogP contribution in [0.15, 0.2) is 18.5 Å². The topological polar surface area (TPSA) is 143 Å². The van der Waals surface area contributed by atoms with Crippen LogP contribution in [0.1, 0.15) is 58.3 Å². The zero-order valence-corrected chi connectivity index (χ0v) is 19.5. The minimum atomic E-state index is -1.59. The van der Waals surface area contributed by atoms with Crippen LogP contribution in [0.3, 0.4) is 0 Å². The second kappa shape index (κ2) is 8.37. The Morgan fingerprint density at radius 2 is 2.03 bits per heavy atom. The number of ether oxygens (including phenoxy) is 5. The van der Waals surface area contributed by atoms with E-state index in [-0.39, 0.29) is 12.7 Å². The van der Waals surface area contributed by atoms with Crippen LogP contribution in [0, 0.1) is 17.2 Å². The molecule has 5 rings (SSSR count). The van der Waals surface area contributed by atoms with Crippen molar-refractivity contribution in [1.29, 1.82) is 5.26 Å². The molecule has 4 heterocycles. The number of anilines is 1. The van der Waals surface area contributed by atoms with Gasteiger partial charge in [0.15, 0.2) is 11.6 Å². The monoisotopic (exact) mass is 471 g/mol. The van der Waals surface area contributed by atoms with Gasteiger partial charge in [0.2, 0.25) is 5.60 Å². The molecular formula is C23H29N5O6. The van der Waals surface area contributed by atoms with Gasteiger partial charge in [0, 0.05) is 0 Å². The molecule has 2 aliphatic heterocycles. The van der Waals surface area contributed by atoms with Gasteiger partial charge in [-0.2, -0.15) is 10.4 Å². The standard InChI is InChI=1S/C23H29N5O6/c1-13-4-6-14(7-5-13)31-21(29)30-11-23(10-24)19-18(32-22(2,3)34-19)17(33-23)15-8-9-16-20(25)26-12-27-28(15)16/h8-9,12-14,17-19H,4-7,11H2,1-3H3,(H2,25,26,27)/t13-,14-,17-,18-,19-,23+/m0/s1. The predicted molar refractivity (Wildman–Crippen MR) is 117 cm³/mol. The molecular weight excluding hydrogens is 442 g/mol. The summed E-state index contributed by atoms with van der Waals surface area (Å²) >= 11 is 0. The number of nitriles is 1. The summed E-state index contributed by atoms with van der Waals surface area (Å²) in [5.74, 6) is -0.0126. The van der Waals surface area contributed by atoms with Crippen LogP contribution in [-0.2, 0) is 23.7 Å². The lowest BCUT2D eigenvalue weighted by Gasteiger charge is -2.29. The number of fused-ring (bicyclic) bond motifs is 2. The maximum Gasteiger partial charge on any atom is 0.508 e. The molecule has 3 aliphatic rings. The SMILES string of the molecule is CC1(C)O[C@H]2[C@H](c3ccc4c(N)ncnn34)O[C@](C#N)(COC(=O)O[C@H]3CC[C@H](C)CC3)[C@H]2O1. The lowest BCUT2D eigenvalue weighted by molar-refractivity contribution is -0.206. The Morgan fingerprint density at radius 1 is 1.26 bits per heavy atom. The van der Waals surface area contributed by atoms with Crippen LogP contribution < -0.4 is 5.73 Å². The molecule has 0 aromatic carbocycles. The van der Waals surface area contributed by atoms with Crippen LogP contribution in [0.2, 0.25) is 0 Å². The van der Waals surface area contributed by atoms with Crippen molar-refractivity contribution in [3.05, 3.63) is 24.2 Å². The molecule has 2 aromatic rings. The van der Waals surface area contributed by atoms with E-state index in [0.29, 0.717) is 22.9 Å². The summed E-state index contributed by atoms with van der Waals surface area (Å²) in [7, 11) is 0. The van der Waals surface area contributed by atoms with Crippen LogP contribution in [0.4, 0.5) is 10.6 Å². The molecule has 1 aliphatic carbocycles. The van der Waals surface area contributed by atoms with Gasteiger partial charge in [0.1, 0.15) is 48.9 Å². The van der Waals surface area contributed by atoms with Crippen molar-refractivity contribution in [2.75, 3.05) is 12.3 Å². The van der Waals surface area contributed by atoms with Gasteiger partial charge in [0.05, 0.1) is 5.69 Å². The van der Waals surface area contributed by atoms with Crippen molar-refractivity contribution in [2.45, 2.75) is 82.3 Å². The van der Waals surface area contributed by atoms with Crippen molar-refractivity contribution in [3.8, 4) is 6.07 Å². The Morgan fingerprint density at radius 3 is 2.76 bits per heavy atom. The molecule has 34 heavy (non-hydrogen) atoms. The third kappa shape index (κ3) is 3.96. The lowest BCUT2D eigenvalue weighted by atomic mass is 9.89. The highest BCUT2D eigenvalue weighted by molar-refractivity contribution is 5.65. The van der Waals surface area contributed by atoms with E-state index in [1.807, 2.05) is 0 Å². The smallest absolute Gasteiger partial charge is 0.431 e. The predicted octanol–water partition coefficient (Wildman–Crippen LogP) is 2.90. The molecule has 2 saturated heterocycles. The third-order valence-electron chi connectivity index (χ3n) is 6.85. The minimum absolute atomic E-state index is 0.172. The van der Waals surface area contributed by atoms with E-state index in [0.717, 1.165) is 25.7 Å². The Bertz CT molecular complexity index is 1120. The molecule has 3 fully saturated rings. The largest absolute Gasteiger partial charge is 0.508 e. The molecule has 2 aromatic heterocycles. The Labute approximate surface area is 197 Å². The maximum atomic E-state index is 12.4. The van der Waals surface area contributed by atoms with E-state index < -0.39 is 35.9 Å². The number of nitrogens with two attached hydrogens (primary N) is 1. The second-order valence-corrected chi connectivity index (χ2v) is 9.80. The van der Waals surface area contributed by atoms with Crippen LogP contribution in [-0.4, -0.2) is 57.1 Å². The number of rotatable bonds is 4. The first-order valence-electron chi connectivity index (χ1n) is 11.6. The molecule has 0 radical (unpaired) electrons. The molecule has 1 saturated carbocycles. The Hall–Kier alpha value is -2.94. The van der Waals surface area contributed by atoms with Gasteiger partial charge in [-0.25, -0.2) is 14.3 Å². The van der Waals surface area contributed by atoms with Gasteiger partial charge < -0.3 is 29.4 Å². The number of hydrogen-bond donors (Lipinski definition) is 1. The lowest BCUT2D eigenvalue weighted by Crippen LogP contribution is -2.46. The van der Waals surface area contributed by atoms with Crippen LogP contribution >= 0.6 is 0 Å². The summed E-state index contributed by atoms with van der Waals surface area (Å²) in [6.45, 7) is 5.36. The van der Waals surface area contributed by atoms with Gasteiger partial charge in [0.25, 0.3) is 0 Å². The fraction of sp³-hybridized carbons (Fsp3) is 0.652. The zero-order valence-electron chi connectivity index (χ0n) is 19.5. The highest BCUT2D eigenvalue weighted by Crippen LogP contribution is 2.50. The van der Waals surface area contributed by atoms with E-state index >= 15 is 0 Å². The number of aromatic nitrogens is 3. The van der Waals surface area contributed by atoms with Crippen LogP contribution in [0.25, 0.3) is 5.52 Å². The number of nitrogen functional groups attached to an aromatic ring is 1. The molecule has 4 atom stereocenters. The molecule has 11 nitrogen and oxygen atoms in total. The number of carbonyl (C=O) groups excluding carboxylic acids is 1. The second-order valence-electron chi connectivity index (χ2n) is 9.80. The fourth-order valence-corrected chi connectivity index (χ4v) is 5.07. The van der Waals surface area contributed by atoms with Gasteiger partial charge in [-0.05, 0) is 57.6 Å². The Kier molecular flexibility index (Phi) is 5.62. The zero-order chi connectivity index (χ0) is 24.1. The van der Waals surface area contributed by atoms with Crippen molar-refractivity contribution in [2.24, 2.45) is 5.92 Å². The molecule has 2 N–H and O–H groups in total. The van der Waals surface area contributed by atoms with Crippen molar-refractivity contribution < 1.29 is 28.5 Å². The summed E-state index contributed by atoms with van der Waals surface area (Å²) in [4.78, 5) is 16.4. The molecule has 182 valence electrons. The van der Waals surface area contributed by atoms with Crippen molar-refractivity contribution in [3.63, 3.8) is 0 Å². The van der Waals surface area contributed by atoms with Gasteiger partial charge in [-0.3, -0.25) is 0 Å². The molecule has 0 bridgehead atoms. The van der Waals surface area contributed by atoms with E-state index in [9.17, 15) is 10.1 Å². The number of hydrogen-bond acceptors (Lipinski definition) is 10. The first kappa shape index (κ1) is 22.8. The van der Waals surface area contributed by atoms with E-state index in [1.54, 1.807) is 30.5 Å². The molecule has 0 spiro atoms. The van der Waals surface area contributed by atoms with Crippen LogP contribution in [0.5, 0.6) is 0 Å². The summed E-state index contributed by atoms with van der Waals surface area (Å²) in [6, 6.07) is 5.74. The average molecular weight is 472 g/mol. The molecule has 11 heteroatoms. The summed E-state index contributed by atoms with van der Waals surface area (Å²) in [5, 5.41) is 14.5. The number of carbonyl (C=O) groups is 1. The van der Waals surface area contributed by atoms with Gasteiger partial charge >= 0.3 is 6.16 Å². The Balaban J connectivity index is 1.37. The molecule has 0 unspecified atom stereocenters. The maximum absolute atomic E-state index is 12.4. The van der Waals surface area contributed by atoms with Crippen molar-refractivity contribution >= 4 is 17.5 Å². The average Bonchev–Trinajstić information content (AvgIpc) is 3.45. The van der Waals surface area contributed by atoms with E-state index in [4.69, 9.17) is 29.4 Å². The first-order chi connectivity index (χ1) is 16.2. The first-order valence-corrected chi connectivity index (χ1v) is 11.6.